The molecule has 0 unspecified atom stereocenters. The molecule has 2 aromatic heterocycles. The fourth-order valence-corrected chi connectivity index (χ4v) is 4.39. The van der Waals surface area contributed by atoms with Crippen LogP contribution in [0.15, 0.2) is 42.5 Å². The molecule has 154 valence electrons. The Balaban J connectivity index is 1.15. The summed E-state index contributed by atoms with van der Waals surface area (Å²) in [5.41, 5.74) is 3.79. The van der Waals surface area contributed by atoms with E-state index in [1.54, 1.807) is 0 Å². The second-order valence-corrected chi connectivity index (χ2v) is 8.30. The Labute approximate surface area is 176 Å². The highest BCUT2D eigenvalue weighted by molar-refractivity contribution is 5.94. The minimum absolute atomic E-state index is 0.0145. The van der Waals surface area contributed by atoms with Crippen LogP contribution in [0.3, 0.4) is 0 Å². The number of aromatic nitrogens is 3. The molecule has 0 bridgehead atoms. The van der Waals surface area contributed by atoms with Crippen LogP contribution in [0.25, 0.3) is 10.9 Å². The first-order valence-electron chi connectivity index (χ1n) is 10.9. The maximum atomic E-state index is 12.9. The van der Waals surface area contributed by atoms with Crippen LogP contribution in [0.1, 0.15) is 47.4 Å². The zero-order valence-corrected chi connectivity index (χ0v) is 17.1. The van der Waals surface area contributed by atoms with Crippen molar-refractivity contribution in [1.82, 2.24) is 20.1 Å². The number of carbonyl (C=O) groups is 1. The summed E-state index contributed by atoms with van der Waals surface area (Å²) >= 11 is 0. The minimum Gasteiger partial charge on any atom is -0.476 e. The molecule has 6 heteroatoms. The third kappa shape index (κ3) is 3.99. The van der Waals surface area contributed by atoms with E-state index in [-0.39, 0.29) is 5.91 Å². The summed E-state index contributed by atoms with van der Waals surface area (Å²) in [4.78, 5) is 19.3. The number of benzene rings is 1. The number of piperidine rings is 1. The number of rotatable bonds is 4. The molecular weight excluding hydrogens is 376 g/mol. The average molecular weight is 402 g/mol. The summed E-state index contributed by atoms with van der Waals surface area (Å²) in [7, 11) is 0. The van der Waals surface area contributed by atoms with Gasteiger partial charge >= 0.3 is 0 Å². The summed E-state index contributed by atoms with van der Waals surface area (Å²) in [6.45, 7) is 2.10. The number of hydrogen-bond acceptors (Lipinski definition) is 5. The van der Waals surface area contributed by atoms with E-state index in [2.05, 4.69) is 21.2 Å². The minimum atomic E-state index is 0.0145. The molecule has 0 atom stereocenters. The van der Waals surface area contributed by atoms with Crippen molar-refractivity contribution in [2.75, 3.05) is 19.7 Å². The molecule has 0 radical (unpaired) electrons. The lowest BCUT2D eigenvalue weighted by atomic mass is 9.97. The van der Waals surface area contributed by atoms with Crippen molar-refractivity contribution in [3.05, 3.63) is 59.4 Å². The molecule has 1 amide bonds. The topological polar surface area (TPSA) is 68.2 Å². The fourth-order valence-electron chi connectivity index (χ4n) is 4.39. The highest BCUT2D eigenvalue weighted by Gasteiger charge is 2.25. The molecule has 0 saturated carbocycles. The van der Waals surface area contributed by atoms with Crippen LogP contribution in [0.5, 0.6) is 5.88 Å². The molecule has 0 spiro atoms. The van der Waals surface area contributed by atoms with Crippen molar-refractivity contribution in [1.29, 1.82) is 0 Å². The van der Waals surface area contributed by atoms with E-state index in [0.717, 1.165) is 55.4 Å². The second-order valence-electron chi connectivity index (χ2n) is 8.30. The highest BCUT2D eigenvalue weighted by atomic mass is 16.5. The fraction of sp³-hybridized carbons (Fsp3) is 0.417. The molecule has 1 aliphatic carbocycles. The SMILES string of the molecule is O=C(c1ccc2ccccc2n1)N1CCC(COc2cc3c(nn2)CCCC3)CC1. The van der Waals surface area contributed by atoms with Crippen molar-refractivity contribution in [3.8, 4) is 5.88 Å². The number of carbonyl (C=O) groups excluding carboxylic acids is 1. The molecule has 30 heavy (non-hydrogen) atoms. The molecule has 3 aromatic rings. The van der Waals surface area contributed by atoms with Gasteiger partial charge in [-0.3, -0.25) is 4.79 Å². The molecule has 1 aromatic carbocycles. The molecule has 1 aliphatic heterocycles. The van der Waals surface area contributed by atoms with Crippen LogP contribution >= 0.6 is 0 Å². The summed E-state index contributed by atoms with van der Waals surface area (Å²) in [6.07, 6.45) is 6.38. The number of aryl methyl sites for hydroxylation is 2. The van der Waals surface area contributed by atoms with Gasteiger partial charge in [0.15, 0.2) is 0 Å². The molecule has 5 rings (SSSR count). The first-order valence-corrected chi connectivity index (χ1v) is 10.9. The van der Waals surface area contributed by atoms with Crippen molar-refractivity contribution < 1.29 is 9.53 Å². The monoisotopic (exact) mass is 402 g/mol. The van der Waals surface area contributed by atoms with E-state index in [1.807, 2.05) is 41.3 Å². The highest BCUT2D eigenvalue weighted by Crippen LogP contribution is 2.24. The maximum absolute atomic E-state index is 12.9. The molecule has 2 aliphatic rings. The first kappa shape index (κ1) is 19.0. The Bertz CT molecular complexity index is 1060. The molecule has 3 heterocycles. The molecule has 6 nitrogen and oxygen atoms in total. The number of likely N-dealkylation sites (tertiary alicyclic amines) is 1. The van der Waals surface area contributed by atoms with Crippen LogP contribution in [0.4, 0.5) is 0 Å². The zero-order chi connectivity index (χ0) is 20.3. The maximum Gasteiger partial charge on any atom is 0.272 e. The van der Waals surface area contributed by atoms with Crippen molar-refractivity contribution in [2.24, 2.45) is 5.92 Å². The van der Waals surface area contributed by atoms with Crippen LogP contribution in [0.2, 0.25) is 0 Å². The van der Waals surface area contributed by atoms with Gasteiger partial charge in [-0.15, -0.1) is 5.10 Å². The first-order chi connectivity index (χ1) is 14.8. The largest absolute Gasteiger partial charge is 0.476 e. The second kappa shape index (κ2) is 8.38. The lowest BCUT2D eigenvalue weighted by Crippen LogP contribution is -2.40. The van der Waals surface area contributed by atoms with E-state index >= 15 is 0 Å². The van der Waals surface area contributed by atoms with Crippen LogP contribution in [-0.4, -0.2) is 45.7 Å². The lowest BCUT2D eigenvalue weighted by Gasteiger charge is -2.31. The molecule has 1 fully saturated rings. The third-order valence-electron chi connectivity index (χ3n) is 6.23. The van der Waals surface area contributed by atoms with E-state index in [0.29, 0.717) is 24.1 Å². The standard InChI is InChI=1S/C24H26N4O2/c29-24(22-10-9-18-5-1-3-7-20(18)25-22)28-13-11-17(12-14-28)16-30-23-15-19-6-2-4-8-21(19)26-27-23/h1,3,5,7,9-10,15,17H,2,4,6,8,11-14,16H2. The Morgan fingerprint density at radius 2 is 1.87 bits per heavy atom. The summed E-state index contributed by atoms with van der Waals surface area (Å²) in [5.74, 6) is 1.08. The van der Waals surface area contributed by atoms with Crippen molar-refractivity contribution in [3.63, 3.8) is 0 Å². The Morgan fingerprint density at radius 3 is 2.77 bits per heavy atom. The van der Waals surface area contributed by atoms with E-state index in [1.165, 1.54) is 18.4 Å². The number of fused-ring (bicyclic) bond motifs is 2. The third-order valence-corrected chi connectivity index (χ3v) is 6.23. The number of amides is 1. The van der Waals surface area contributed by atoms with Crippen molar-refractivity contribution >= 4 is 16.8 Å². The van der Waals surface area contributed by atoms with Gasteiger partial charge in [-0.05, 0) is 62.1 Å². The van der Waals surface area contributed by atoms with Gasteiger partial charge in [0, 0.05) is 24.5 Å². The lowest BCUT2D eigenvalue weighted by molar-refractivity contribution is 0.0653. The van der Waals surface area contributed by atoms with E-state index in [9.17, 15) is 4.79 Å². The molecule has 0 N–H and O–H groups in total. The summed E-state index contributed by atoms with van der Waals surface area (Å²) < 4.78 is 5.95. The predicted octanol–water partition coefficient (Wildman–Crippen LogP) is 3.83. The van der Waals surface area contributed by atoms with Gasteiger partial charge < -0.3 is 9.64 Å². The van der Waals surface area contributed by atoms with Gasteiger partial charge in [0.1, 0.15) is 5.69 Å². The van der Waals surface area contributed by atoms with Gasteiger partial charge in [0.2, 0.25) is 5.88 Å². The predicted molar refractivity (Wildman–Crippen MR) is 115 cm³/mol. The summed E-state index contributed by atoms with van der Waals surface area (Å²) in [5, 5.41) is 9.63. The zero-order valence-electron chi connectivity index (χ0n) is 17.1. The van der Waals surface area contributed by atoms with E-state index < -0.39 is 0 Å². The Morgan fingerprint density at radius 1 is 1.03 bits per heavy atom. The van der Waals surface area contributed by atoms with Gasteiger partial charge in [-0.1, -0.05) is 24.3 Å². The van der Waals surface area contributed by atoms with Gasteiger partial charge in [0.25, 0.3) is 5.91 Å². The quantitative estimate of drug-likeness (QED) is 0.663. The van der Waals surface area contributed by atoms with Crippen LogP contribution < -0.4 is 4.74 Å². The number of hydrogen-bond donors (Lipinski definition) is 0. The number of para-hydroxylation sites is 1. The van der Waals surface area contributed by atoms with E-state index in [4.69, 9.17) is 4.74 Å². The Hall–Kier alpha value is -3.02. The van der Waals surface area contributed by atoms with Gasteiger partial charge in [-0.2, -0.15) is 5.10 Å². The Kier molecular flexibility index (Phi) is 5.30. The summed E-state index contributed by atoms with van der Waals surface area (Å²) in [6, 6.07) is 13.7. The number of nitrogens with zero attached hydrogens (tertiary/aromatic N) is 4. The molecule has 1 saturated heterocycles. The normalized spacial score (nSPS) is 17.0. The smallest absolute Gasteiger partial charge is 0.272 e. The average Bonchev–Trinajstić information content (AvgIpc) is 2.82. The van der Waals surface area contributed by atoms with Crippen LogP contribution in [-0.2, 0) is 12.8 Å². The number of ether oxygens (including phenoxy) is 1. The van der Waals surface area contributed by atoms with Gasteiger partial charge in [0.05, 0.1) is 17.8 Å². The van der Waals surface area contributed by atoms with Crippen molar-refractivity contribution in [2.45, 2.75) is 38.5 Å². The number of pyridine rings is 1. The molecular formula is C24H26N4O2. The van der Waals surface area contributed by atoms with Gasteiger partial charge in [-0.25, -0.2) is 4.98 Å². The van der Waals surface area contributed by atoms with Crippen LogP contribution in [0, 0.1) is 5.92 Å².